The van der Waals surface area contributed by atoms with Gasteiger partial charge in [0.1, 0.15) is 17.5 Å². The van der Waals surface area contributed by atoms with Crippen LogP contribution in [-0.4, -0.2) is 38.7 Å². The van der Waals surface area contributed by atoms with E-state index in [-0.39, 0.29) is 23.7 Å². The van der Waals surface area contributed by atoms with E-state index in [2.05, 4.69) is 25.9 Å². The summed E-state index contributed by atoms with van der Waals surface area (Å²) in [5.74, 6) is 0.873. The fourth-order valence-electron chi connectivity index (χ4n) is 3.43. The molecule has 24 heavy (non-hydrogen) atoms. The van der Waals surface area contributed by atoms with Crippen molar-refractivity contribution in [2.24, 2.45) is 0 Å². The average Bonchev–Trinajstić information content (AvgIpc) is 3.11. The highest BCUT2D eigenvalue weighted by molar-refractivity contribution is 6.09. The Morgan fingerprint density at radius 3 is 2.75 bits per heavy atom. The van der Waals surface area contributed by atoms with Crippen LogP contribution in [0.5, 0.6) is 0 Å². The van der Waals surface area contributed by atoms with E-state index in [0.717, 1.165) is 30.0 Å². The molecule has 0 saturated carbocycles. The largest absolute Gasteiger partial charge is 0.368 e. The third kappa shape index (κ3) is 2.35. The predicted octanol–water partition coefficient (Wildman–Crippen LogP) is 1.72. The van der Waals surface area contributed by atoms with Gasteiger partial charge in [-0.3, -0.25) is 9.78 Å². The minimum Gasteiger partial charge on any atom is -0.368 e. The van der Waals surface area contributed by atoms with Gasteiger partial charge in [0.25, 0.3) is 0 Å². The molecule has 6 heteroatoms. The number of ketones is 1. The number of rotatable bonds is 2. The summed E-state index contributed by atoms with van der Waals surface area (Å²) < 4.78 is 0. The number of aromatic nitrogens is 3. The maximum Gasteiger partial charge on any atom is 0.180 e. The highest BCUT2D eigenvalue weighted by Gasteiger charge is 2.34. The van der Waals surface area contributed by atoms with E-state index >= 15 is 0 Å². The zero-order chi connectivity index (χ0) is 16.5. The number of likely N-dealkylation sites (tertiary alicyclic amines) is 1. The summed E-state index contributed by atoms with van der Waals surface area (Å²) in [6.07, 6.45) is 6.33. The first-order valence-corrected chi connectivity index (χ1v) is 7.91. The van der Waals surface area contributed by atoms with Crippen molar-refractivity contribution >= 4 is 11.5 Å². The van der Waals surface area contributed by atoms with Gasteiger partial charge in [-0.2, -0.15) is 5.26 Å². The van der Waals surface area contributed by atoms with Gasteiger partial charge in [-0.25, -0.2) is 9.97 Å². The molecule has 1 aliphatic heterocycles. The first kappa shape index (κ1) is 14.5. The van der Waals surface area contributed by atoms with Crippen LogP contribution >= 0.6 is 0 Å². The lowest BCUT2D eigenvalue weighted by Crippen LogP contribution is -2.27. The summed E-state index contributed by atoms with van der Waals surface area (Å²) in [5.41, 5.74) is 2.53. The predicted molar refractivity (Wildman–Crippen MR) is 86.4 cm³/mol. The van der Waals surface area contributed by atoms with Crippen LogP contribution in [0.3, 0.4) is 0 Å². The van der Waals surface area contributed by atoms with Gasteiger partial charge in [0.05, 0.1) is 11.4 Å². The van der Waals surface area contributed by atoms with Crippen molar-refractivity contribution in [3.63, 3.8) is 0 Å². The molecule has 1 atom stereocenters. The topological polar surface area (TPSA) is 82.8 Å². The van der Waals surface area contributed by atoms with Crippen LogP contribution in [-0.2, 0) is 11.2 Å². The fourth-order valence-corrected chi connectivity index (χ4v) is 3.43. The van der Waals surface area contributed by atoms with E-state index in [0.29, 0.717) is 12.2 Å². The van der Waals surface area contributed by atoms with E-state index in [9.17, 15) is 10.1 Å². The normalized spacial score (nSPS) is 20.0. The van der Waals surface area contributed by atoms with E-state index < -0.39 is 0 Å². The second-order valence-corrected chi connectivity index (χ2v) is 5.99. The quantitative estimate of drug-likeness (QED) is 0.838. The average molecular weight is 317 g/mol. The second-order valence-electron chi connectivity index (χ2n) is 5.99. The molecule has 118 valence electrons. The monoisotopic (exact) mass is 317 g/mol. The molecule has 0 bridgehead atoms. The van der Waals surface area contributed by atoms with Crippen molar-refractivity contribution < 1.29 is 4.79 Å². The van der Waals surface area contributed by atoms with Crippen molar-refractivity contribution in [2.75, 3.05) is 13.1 Å². The number of carbonyl (C=O) groups excluding carboxylic acids is 1. The van der Waals surface area contributed by atoms with Crippen molar-refractivity contribution in [1.82, 2.24) is 19.9 Å². The molecule has 2 aromatic heterocycles. The molecule has 0 N–H and O–H groups in total. The zero-order valence-electron chi connectivity index (χ0n) is 13.0. The van der Waals surface area contributed by atoms with Gasteiger partial charge < -0.3 is 4.90 Å². The number of allylic oxidation sites excluding steroid dienone is 1. The molecule has 2 aliphatic rings. The number of hydrogen-bond acceptors (Lipinski definition) is 6. The lowest BCUT2D eigenvalue weighted by atomic mass is 9.91. The summed E-state index contributed by atoms with van der Waals surface area (Å²) in [5, 5.41) is 9.49. The Balaban J connectivity index is 1.72. The van der Waals surface area contributed by atoms with Gasteiger partial charge in [-0.05, 0) is 24.1 Å². The van der Waals surface area contributed by atoms with Crippen LogP contribution in [0, 0.1) is 11.3 Å². The summed E-state index contributed by atoms with van der Waals surface area (Å²) in [4.78, 5) is 27.5. The Morgan fingerprint density at radius 2 is 1.96 bits per heavy atom. The van der Waals surface area contributed by atoms with E-state index in [1.165, 1.54) is 0 Å². The molecule has 0 amide bonds. The van der Waals surface area contributed by atoms with E-state index in [4.69, 9.17) is 0 Å². The molecule has 6 nitrogen and oxygen atoms in total. The molecular formula is C18H15N5O. The Kier molecular flexibility index (Phi) is 3.54. The molecule has 4 rings (SSSR count). The van der Waals surface area contributed by atoms with Gasteiger partial charge in [0.15, 0.2) is 5.78 Å². The number of fused-ring (bicyclic) bond motifs is 1. The Labute approximate surface area is 139 Å². The molecule has 0 radical (unpaired) electrons. The smallest absolute Gasteiger partial charge is 0.180 e. The van der Waals surface area contributed by atoms with Crippen molar-refractivity contribution in [3.8, 4) is 6.07 Å². The Morgan fingerprint density at radius 1 is 1.17 bits per heavy atom. The molecule has 0 aromatic carbocycles. The third-order valence-corrected chi connectivity index (χ3v) is 4.55. The van der Waals surface area contributed by atoms with E-state index in [1.54, 1.807) is 24.7 Å². The fraction of sp³-hybridized carbons (Fsp3) is 0.278. The number of carbonyl (C=O) groups is 1. The Hall–Kier alpha value is -3.07. The van der Waals surface area contributed by atoms with Gasteiger partial charge >= 0.3 is 0 Å². The van der Waals surface area contributed by atoms with Crippen LogP contribution in [0.1, 0.15) is 29.4 Å². The number of Topliss-reactive ketones (excluding diaryl/α,β-unsaturated/α-hetero) is 1. The minimum absolute atomic E-state index is 0.132. The Bertz CT molecular complexity index is 868. The van der Waals surface area contributed by atoms with Gasteiger partial charge in [-0.15, -0.1) is 0 Å². The number of nitrogens with zero attached hydrogens (tertiary/aromatic N) is 5. The lowest BCUT2D eigenvalue weighted by molar-refractivity contribution is -0.114. The number of nitriles is 1. The van der Waals surface area contributed by atoms with Crippen molar-refractivity contribution in [2.45, 2.75) is 18.8 Å². The zero-order valence-corrected chi connectivity index (χ0v) is 13.0. The van der Waals surface area contributed by atoms with Crippen LogP contribution in [0.4, 0.5) is 0 Å². The highest BCUT2D eigenvalue weighted by Crippen LogP contribution is 2.36. The van der Waals surface area contributed by atoms with Gasteiger partial charge in [-0.1, -0.05) is 6.07 Å². The molecule has 1 saturated heterocycles. The van der Waals surface area contributed by atoms with Crippen molar-refractivity contribution in [1.29, 1.82) is 5.26 Å². The summed E-state index contributed by atoms with van der Waals surface area (Å²) in [6.45, 7) is 1.44. The summed E-state index contributed by atoms with van der Waals surface area (Å²) >= 11 is 0. The van der Waals surface area contributed by atoms with Crippen LogP contribution < -0.4 is 0 Å². The maximum atomic E-state index is 12.3. The van der Waals surface area contributed by atoms with Crippen LogP contribution in [0.25, 0.3) is 5.70 Å². The van der Waals surface area contributed by atoms with Crippen LogP contribution in [0.2, 0.25) is 0 Å². The standard InChI is InChI=1S/C18H15N5O/c19-10-14-15(24)9-12-3-1-5-20-16(12)17(14)23-8-4-13(11-23)18-21-6-2-7-22-18/h1-3,5-7,13H,4,8-9,11H2. The van der Waals surface area contributed by atoms with Gasteiger partial charge in [0.2, 0.25) is 0 Å². The molecule has 1 unspecified atom stereocenters. The molecule has 0 spiro atoms. The molecular weight excluding hydrogens is 302 g/mol. The highest BCUT2D eigenvalue weighted by atomic mass is 16.1. The van der Waals surface area contributed by atoms with Gasteiger partial charge in [0, 0.05) is 44.0 Å². The number of pyridine rings is 1. The van der Waals surface area contributed by atoms with Crippen molar-refractivity contribution in [3.05, 3.63) is 59.4 Å². The molecule has 1 aliphatic carbocycles. The van der Waals surface area contributed by atoms with E-state index in [1.807, 2.05) is 12.1 Å². The maximum absolute atomic E-state index is 12.3. The second kappa shape index (κ2) is 5.85. The van der Waals surface area contributed by atoms with Crippen LogP contribution in [0.15, 0.2) is 42.4 Å². The lowest BCUT2D eigenvalue weighted by Gasteiger charge is -2.27. The summed E-state index contributed by atoms with van der Waals surface area (Å²) in [6, 6.07) is 7.62. The summed E-state index contributed by atoms with van der Waals surface area (Å²) in [7, 11) is 0. The molecule has 2 aromatic rings. The first-order chi connectivity index (χ1) is 11.8. The number of hydrogen-bond donors (Lipinski definition) is 0. The SMILES string of the molecule is N#CC1=C(N2CCC(c3ncccn3)C2)c2ncccc2CC1=O. The third-order valence-electron chi connectivity index (χ3n) is 4.55. The minimum atomic E-state index is -0.132. The molecule has 3 heterocycles. The first-order valence-electron chi connectivity index (χ1n) is 7.91. The molecule has 1 fully saturated rings.